The molecule has 3 aromatic heterocycles. The van der Waals surface area contributed by atoms with Crippen LogP contribution in [0.5, 0.6) is 0 Å². The molecule has 4 atom stereocenters. The highest BCUT2D eigenvalue weighted by atomic mass is 32.2. The Morgan fingerprint density at radius 2 is 1.43 bits per heavy atom. The Hall–Kier alpha value is -9.55. The molecule has 7 heterocycles. The van der Waals surface area contributed by atoms with Crippen LogP contribution in [-0.4, -0.2) is 118 Å². The Kier molecular flexibility index (Phi) is 25.0. The quantitative estimate of drug-likeness (QED) is 0.00920. The van der Waals surface area contributed by atoms with E-state index in [0.29, 0.717) is 76.0 Å². The number of Topliss-reactive ketones (excluding diaryl/α,β-unsaturated/α-hetero) is 1. The van der Waals surface area contributed by atoms with E-state index in [2.05, 4.69) is 190 Å². The smallest absolute Gasteiger partial charge is 0.264 e. The van der Waals surface area contributed by atoms with Crippen molar-refractivity contribution < 1.29 is 49.6 Å². The van der Waals surface area contributed by atoms with Crippen LogP contribution >= 0.6 is 11.8 Å². The second kappa shape index (κ2) is 34.8. The topological polar surface area (TPSA) is 283 Å². The number of allylic oxidation sites excluding steroid dienone is 9. The molecule has 4 aliphatic heterocycles. The van der Waals surface area contributed by atoms with Crippen molar-refractivity contribution in [2.45, 2.75) is 206 Å². The predicted octanol–water partition coefficient (Wildman–Crippen LogP) is 19.9. The number of ether oxygens (including phenoxy) is 1. The van der Waals surface area contributed by atoms with E-state index in [1.807, 2.05) is 55.5 Å². The molecule has 2 unspecified atom stereocenters. The molecule has 117 heavy (non-hydrogen) atoms. The summed E-state index contributed by atoms with van der Waals surface area (Å²) in [6.07, 6.45) is 17.2. The Labute approximate surface area is 692 Å². The van der Waals surface area contributed by atoms with E-state index < -0.39 is 37.0 Å². The third-order valence-corrected chi connectivity index (χ3v) is 27.9. The van der Waals surface area contributed by atoms with Gasteiger partial charge in [-0.2, -0.15) is 21.4 Å². The fourth-order valence-electron chi connectivity index (χ4n) is 18.9. The number of carbonyl (C=O) groups is 3. The number of amides is 2. The molecule has 8 aromatic rings. The molecular formula is C95H112N9O10S3+. The normalized spacial score (nSPS) is 18.7. The summed E-state index contributed by atoms with van der Waals surface area (Å²) < 4.78 is 76.8. The summed E-state index contributed by atoms with van der Waals surface area (Å²) >= 11 is 1.61. The molecule has 14 rings (SSSR count). The van der Waals surface area contributed by atoms with Crippen molar-refractivity contribution >= 4 is 127 Å². The standard InChI is InChI=1S/C95H111N9O10S3/c1-12-14-15-22-48-114-61(7)86-59(5)76-54-75-58(4)70(90(101-75)73-53-82(105)87-60(6)77(102-91(73)87)55-78-69(13-2)57(3)74(99-78)56-79(86)100-76)38-43-85(106)97-44-25-45-98-93(107)66-51-64(32-41-83-94(8,9)88-71-28-18-16-26-62(71)30-39-80(88)103(83)46-20-23-49-116(108,109)110)92(115-68-36-34-67(96)35-37-68)65(52-66)33-42-84-95(10,11)89-72-29-19-17-27-63(72)31-40-81(89)104(84)47-21-24-50-117(111,112)113/h16-19,26-37,39-42,54-56,58,61,66,70H,12-15,20-25,38,43-53,96H2,1-11H3,(H5-,97,98,99,100,101,102,105,106,107,108,109,110,111,112,113)/p+1/t58-,61?,70+/m1/s1. The van der Waals surface area contributed by atoms with Crippen LogP contribution in [0, 0.1) is 19.8 Å². The van der Waals surface area contributed by atoms with Crippen molar-refractivity contribution in [3.05, 3.63) is 223 Å². The van der Waals surface area contributed by atoms with Crippen LogP contribution in [0.15, 0.2) is 166 Å². The Morgan fingerprint density at radius 1 is 0.744 bits per heavy atom. The highest BCUT2D eigenvalue weighted by Gasteiger charge is 2.47. The zero-order chi connectivity index (χ0) is 83.0. The van der Waals surface area contributed by atoms with Gasteiger partial charge < -0.3 is 36.0 Å². The Morgan fingerprint density at radius 3 is 2.15 bits per heavy atom. The van der Waals surface area contributed by atoms with E-state index in [4.69, 9.17) is 20.4 Å². The van der Waals surface area contributed by atoms with Crippen LogP contribution in [0.1, 0.15) is 237 Å². The van der Waals surface area contributed by atoms with E-state index in [1.54, 1.807) is 11.8 Å². The number of rotatable bonds is 31. The van der Waals surface area contributed by atoms with E-state index >= 15 is 4.79 Å². The van der Waals surface area contributed by atoms with Gasteiger partial charge in [0.25, 0.3) is 20.2 Å². The van der Waals surface area contributed by atoms with Gasteiger partial charge in [0.05, 0.1) is 45.6 Å². The number of ketones is 1. The van der Waals surface area contributed by atoms with Crippen molar-refractivity contribution in [2.75, 3.05) is 54.9 Å². The molecule has 8 bridgehead atoms. The molecule has 5 aromatic carbocycles. The van der Waals surface area contributed by atoms with Crippen LogP contribution < -0.4 is 21.3 Å². The van der Waals surface area contributed by atoms with E-state index in [0.717, 1.165) is 180 Å². The first-order valence-corrected chi connectivity index (χ1v) is 45.9. The van der Waals surface area contributed by atoms with Gasteiger partial charge in [-0.15, -0.1) is 0 Å². The van der Waals surface area contributed by atoms with Crippen molar-refractivity contribution in [1.29, 1.82) is 0 Å². The maximum Gasteiger partial charge on any atom is 0.264 e. The molecular weight excluding hydrogens is 1520 g/mol. The number of aromatic nitrogens is 4. The number of aryl methyl sites for hydroxylation is 2. The summed E-state index contributed by atoms with van der Waals surface area (Å²) in [6, 6.07) is 39.4. The first kappa shape index (κ1) is 83.9. The van der Waals surface area contributed by atoms with Crippen molar-refractivity contribution in [3.63, 3.8) is 0 Å². The molecule has 22 heteroatoms. The van der Waals surface area contributed by atoms with Gasteiger partial charge in [0.15, 0.2) is 11.5 Å². The summed E-state index contributed by atoms with van der Waals surface area (Å²) in [6.45, 7) is 26.1. The number of anilines is 2. The number of nitrogens with one attached hydrogen (secondary N) is 4. The van der Waals surface area contributed by atoms with E-state index in [9.17, 15) is 35.5 Å². The Balaban J connectivity index is 0.761. The van der Waals surface area contributed by atoms with Crippen LogP contribution in [0.25, 0.3) is 54.8 Å². The summed E-state index contributed by atoms with van der Waals surface area (Å²) in [7, 11) is -8.38. The number of hydrogen-bond acceptors (Lipinski definition) is 13. The molecule has 19 nitrogen and oxygen atoms in total. The second-order valence-electron chi connectivity index (χ2n) is 33.7. The summed E-state index contributed by atoms with van der Waals surface area (Å²) in [5.41, 5.74) is 27.8. The highest BCUT2D eigenvalue weighted by Crippen LogP contribution is 2.53. The molecule has 0 radical (unpaired) electrons. The van der Waals surface area contributed by atoms with Gasteiger partial charge in [0.2, 0.25) is 17.5 Å². The summed E-state index contributed by atoms with van der Waals surface area (Å²) in [5, 5.41) is 10.9. The number of aromatic amines is 2. The fourth-order valence-corrected chi connectivity index (χ4v) is 21.1. The molecule has 6 aliphatic rings. The molecule has 0 saturated heterocycles. The Bertz CT molecular complexity index is 5900. The number of carbonyl (C=O) groups excluding carboxylic acids is 3. The number of nitrogen functional groups attached to an aromatic ring is 1. The van der Waals surface area contributed by atoms with Gasteiger partial charge in [-0.25, -0.2) is 4.98 Å². The zero-order valence-corrected chi connectivity index (χ0v) is 71.8. The van der Waals surface area contributed by atoms with Gasteiger partial charge in [-0.1, -0.05) is 132 Å². The number of nitrogens with two attached hydrogens (primary N) is 1. The maximum atomic E-state index is 15.3. The molecule has 614 valence electrons. The molecule has 2 aliphatic carbocycles. The predicted molar refractivity (Wildman–Crippen MR) is 475 cm³/mol. The number of hydrogen-bond donors (Lipinski definition) is 7. The van der Waals surface area contributed by atoms with Crippen molar-refractivity contribution in [2.24, 2.45) is 5.92 Å². The molecule has 0 saturated carbocycles. The third-order valence-electron chi connectivity index (χ3n) is 25.0. The van der Waals surface area contributed by atoms with Crippen molar-refractivity contribution in [1.82, 2.24) is 30.6 Å². The minimum Gasteiger partial charge on any atom is -0.399 e. The fraction of sp³-hybridized carbons (Fsp3) is 0.411. The highest BCUT2D eigenvalue weighted by molar-refractivity contribution is 8.03. The van der Waals surface area contributed by atoms with Gasteiger partial charge >= 0.3 is 0 Å². The van der Waals surface area contributed by atoms with Crippen molar-refractivity contribution in [3.8, 4) is 0 Å². The van der Waals surface area contributed by atoms with Gasteiger partial charge in [0, 0.05) is 152 Å². The zero-order valence-electron chi connectivity index (χ0n) is 69.4. The number of thioether (sulfide) groups is 1. The third kappa shape index (κ3) is 17.7. The average molecular weight is 1640 g/mol. The lowest BCUT2D eigenvalue weighted by atomic mass is 9.78. The van der Waals surface area contributed by atoms with Gasteiger partial charge in [0.1, 0.15) is 6.54 Å². The van der Waals surface area contributed by atoms with E-state index in [-0.39, 0.29) is 79.3 Å². The van der Waals surface area contributed by atoms with E-state index in [1.165, 1.54) is 6.42 Å². The molecule has 0 spiro atoms. The molecule has 8 N–H and O–H groups in total. The van der Waals surface area contributed by atoms with Crippen LogP contribution in [0.4, 0.5) is 17.1 Å². The lowest BCUT2D eigenvalue weighted by molar-refractivity contribution is -0.438. The first-order valence-electron chi connectivity index (χ1n) is 41.8. The number of H-pyrrole nitrogens is 2. The SMILES string of the molecule is CCCCCCOC(C)c1c(C)c2cc3nc(c4c5[nH]c(cc6nc(cc1[nH]2)C(C)=C6CC)c(C)c5C(=O)C4)[C@@H](CCC(=O)NCCCNC(=O)C1CC(/C=C/C2=[N+](CCCCS(=O)(=O)O)c4ccc5ccccc5c4C2(C)C)=C(Sc2ccc(N)cc2)C(=C/C=C2/N(CCCCS(=O)(=O)O)c4ccc5ccccc5c4C2(C)C)/C1)[C@H]3C. The summed E-state index contributed by atoms with van der Waals surface area (Å²) in [4.78, 5) is 66.5. The van der Waals surface area contributed by atoms with Crippen LogP contribution in [-0.2, 0) is 51.8 Å². The minimum absolute atomic E-state index is 0.0377. The van der Waals surface area contributed by atoms with Crippen LogP contribution in [0.3, 0.4) is 0 Å². The number of benzene rings is 5. The lowest BCUT2D eigenvalue weighted by Gasteiger charge is -2.29. The van der Waals surface area contributed by atoms with Crippen LogP contribution in [0.2, 0.25) is 0 Å². The maximum absolute atomic E-state index is 15.3. The molecule has 0 fully saturated rings. The lowest BCUT2D eigenvalue weighted by Crippen LogP contribution is -2.35. The second-order valence-corrected chi connectivity index (χ2v) is 37.9. The summed E-state index contributed by atoms with van der Waals surface area (Å²) in [5.74, 6) is -1.79. The average Bonchev–Trinajstić information content (AvgIpc) is 1.58. The molecule has 2 amide bonds. The first-order chi connectivity index (χ1) is 55.9. The number of fused-ring (bicyclic) bond motifs is 14. The largest absolute Gasteiger partial charge is 0.399 e. The minimum atomic E-state index is -4.19. The van der Waals surface area contributed by atoms with Gasteiger partial charge in [-0.3, -0.25) is 28.5 Å². The van der Waals surface area contributed by atoms with Gasteiger partial charge in [-0.05, 0) is 221 Å². The monoisotopic (exact) mass is 1630 g/mol. The number of nitrogens with zero attached hydrogens (tertiary/aromatic N) is 4. The number of unbranched alkanes of at least 4 members (excludes halogenated alkanes) is 5.